The van der Waals surface area contributed by atoms with E-state index in [1.165, 1.54) is 112 Å². The van der Waals surface area contributed by atoms with Crippen molar-refractivity contribution in [2.75, 3.05) is 0 Å². The number of rotatable bonds is 23. The molecule has 0 radical (unpaired) electrons. The second-order valence-corrected chi connectivity index (χ2v) is 10.1. The summed E-state index contributed by atoms with van der Waals surface area (Å²) in [5, 5.41) is 0. The van der Waals surface area contributed by atoms with Gasteiger partial charge >= 0.3 is 0 Å². The van der Waals surface area contributed by atoms with Crippen molar-refractivity contribution in [3.63, 3.8) is 0 Å². The van der Waals surface area contributed by atoms with Gasteiger partial charge in [-0.1, -0.05) is 117 Å². The summed E-state index contributed by atoms with van der Waals surface area (Å²) in [4.78, 5) is 23.6. The fraction of sp³-hybridized carbons (Fsp3) is 0.917. The van der Waals surface area contributed by atoms with Gasteiger partial charge in [0, 0.05) is 34.8 Å². The van der Waals surface area contributed by atoms with Crippen LogP contribution >= 0.6 is 22.0 Å². The van der Waals surface area contributed by atoms with Gasteiger partial charge in [-0.15, -0.1) is 0 Å². The smallest absolute Gasteiger partial charge is 0.230 e. The zero-order valence-electron chi connectivity index (χ0n) is 19.8. The quantitative estimate of drug-likeness (QED) is 0.0915. The zero-order valence-corrected chi connectivity index (χ0v) is 21.4. The second kappa shape index (κ2) is 24.9. The largest absolute Gasteiger partial charge is 0.290 e. The summed E-state index contributed by atoms with van der Waals surface area (Å²) in [7, 11) is 2.42. The van der Waals surface area contributed by atoms with E-state index in [-0.39, 0.29) is 11.8 Å². The number of hydrogen-bond donors (Lipinski definition) is 2. The number of nitrogens with one attached hydrogen (secondary N) is 2. The normalized spacial score (nSPS) is 10.9. The molecule has 0 aliphatic carbocycles. The lowest BCUT2D eigenvalue weighted by molar-refractivity contribution is -0.120. The number of carbonyl (C=O) groups is 2. The van der Waals surface area contributed by atoms with Crippen molar-refractivity contribution in [3.8, 4) is 0 Å². The van der Waals surface area contributed by atoms with Crippen molar-refractivity contribution in [2.24, 2.45) is 0 Å². The first kappa shape index (κ1) is 29.6. The molecule has 0 spiro atoms. The summed E-state index contributed by atoms with van der Waals surface area (Å²) < 4.78 is 5.59. The Bertz CT molecular complexity index is 359. The molecule has 0 aliphatic heterocycles. The van der Waals surface area contributed by atoms with Gasteiger partial charge in [0.05, 0.1) is 0 Å². The number of carbonyl (C=O) groups excluding carboxylic acids is 2. The van der Waals surface area contributed by atoms with Crippen molar-refractivity contribution in [2.45, 2.75) is 142 Å². The highest BCUT2D eigenvalue weighted by Crippen LogP contribution is 2.15. The summed E-state index contributed by atoms with van der Waals surface area (Å²) in [6, 6.07) is 0. The van der Waals surface area contributed by atoms with E-state index in [2.05, 4.69) is 23.3 Å². The maximum absolute atomic E-state index is 11.8. The van der Waals surface area contributed by atoms with Crippen molar-refractivity contribution in [1.82, 2.24) is 9.44 Å². The van der Waals surface area contributed by atoms with Crippen LogP contribution in [0.4, 0.5) is 0 Å². The first-order chi connectivity index (χ1) is 14.7. The Morgan fingerprint density at radius 2 is 0.733 bits per heavy atom. The average molecular weight is 461 g/mol. The van der Waals surface area contributed by atoms with E-state index in [0.29, 0.717) is 12.8 Å². The molecule has 0 fully saturated rings. The predicted molar refractivity (Wildman–Crippen MR) is 135 cm³/mol. The molecule has 2 N–H and O–H groups in total. The van der Waals surface area contributed by atoms with E-state index >= 15 is 0 Å². The minimum atomic E-state index is 0.0589. The Morgan fingerprint density at radius 1 is 0.467 bits per heavy atom. The Morgan fingerprint density at radius 3 is 1.03 bits per heavy atom. The van der Waals surface area contributed by atoms with Gasteiger partial charge in [0.15, 0.2) is 0 Å². The van der Waals surface area contributed by atoms with E-state index in [0.717, 1.165) is 25.7 Å². The molecule has 178 valence electrons. The van der Waals surface area contributed by atoms with E-state index in [4.69, 9.17) is 0 Å². The Balaban J connectivity index is 3.29. The van der Waals surface area contributed by atoms with Crippen LogP contribution in [0.3, 0.4) is 0 Å². The molecule has 0 unspecified atom stereocenters. The van der Waals surface area contributed by atoms with Crippen LogP contribution in [0.1, 0.15) is 142 Å². The molecule has 4 nitrogen and oxygen atoms in total. The molecule has 0 bridgehead atoms. The summed E-state index contributed by atoms with van der Waals surface area (Å²) >= 11 is 0. The summed E-state index contributed by atoms with van der Waals surface area (Å²) in [5.41, 5.74) is 0. The molecule has 0 aliphatic rings. The Labute approximate surface area is 194 Å². The first-order valence-electron chi connectivity index (χ1n) is 12.6. The molecular formula is C24H48N2O2S2. The van der Waals surface area contributed by atoms with Crippen molar-refractivity contribution < 1.29 is 9.59 Å². The molecule has 0 aromatic heterocycles. The molecule has 0 aromatic carbocycles. The lowest BCUT2D eigenvalue weighted by Crippen LogP contribution is -2.18. The van der Waals surface area contributed by atoms with Crippen molar-refractivity contribution in [3.05, 3.63) is 0 Å². The van der Waals surface area contributed by atoms with E-state index in [1.54, 1.807) is 0 Å². The Hall–Kier alpha value is -0.360. The molecule has 0 saturated carbocycles. The minimum absolute atomic E-state index is 0.0589. The van der Waals surface area contributed by atoms with Gasteiger partial charge in [-0.05, 0) is 12.8 Å². The van der Waals surface area contributed by atoms with Gasteiger partial charge in [-0.25, -0.2) is 0 Å². The number of hydrogen-bond acceptors (Lipinski definition) is 4. The molecule has 0 rings (SSSR count). The summed E-state index contributed by atoms with van der Waals surface area (Å²) in [6.45, 7) is 4.49. The third-order valence-electron chi connectivity index (χ3n) is 5.37. The average Bonchev–Trinajstić information content (AvgIpc) is 2.74. The lowest BCUT2D eigenvalue weighted by atomic mass is 10.1. The fourth-order valence-electron chi connectivity index (χ4n) is 3.43. The SMILES string of the molecule is CCCCCCCCCCCC(=O)NSSNC(=O)CCCCCCCCCCC. The van der Waals surface area contributed by atoms with Gasteiger partial charge in [-0.3, -0.25) is 19.0 Å². The molecule has 0 atom stereocenters. The van der Waals surface area contributed by atoms with Crippen LogP contribution in [0.25, 0.3) is 0 Å². The zero-order chi connectivity index (χ0) is 22.1. The van der Waals surface area contributed by atoms with Crippen LogP contribution in [0.5, 0.6) is 0 Å². The van der Waals surface area contributed by atoms with E-state index in [1.807, 2.05) is 0 Å². The van der Waals surface area contributed by atoms with E-state index in [9.17, 15) is 9.59 Å². The van der Waals surface area contributed by atoms with E-state index < -0.39 is 0 Å². The van der Waals surface area contributed by atoms with Gasteiger partial charge in [-0.2, -0.15) is 0 Å². The van der Waals surface area contributed by atoms with Crippen molar-refractivity contribution >= 4 is 33.8 Å². The third-order valence-corrected chi connectivity index (χ3v) is 6.82. The van der Waals surface area contributed by atoms with Gasteiger partial charge in [0.25, 0.3) is 0 Å². The third kappa shape index (κ3) is 23.9. The van der Waals surface area contributed by atoms with Crippen LogP contribution in [0, 0.1) is 0 Å². The van der Waals surface area contributed by atoms with Crippen LogP contribution in [0.15, 0.2) is 0 Å². The van der Waals surface area contributed by atoms with Crippen LogP contribution in [-0.4, -0.2) is 11.8 Å². The topological polar surface area (TPSA) is 58.2 Å². The van der Waals surface area contributed by atoms with Gasteiger partial charge in [0.1, 0.15) is 0 Å². The minimum Gasteiger partial charge on any atom is -0.290 e. The maximum atomic E-state index is 11.8. The van der Waals surface area contributed by atoms with Gasteiger partial charge < -0.3 is 0 Å². The summed E-state index contributed by atoms with van der Waals surface area (Å²) in [5.74, 6) is 0.118. The maximum Gasteiger partial charge on any atom is 0.230 e. The van der Waals surface area contributed by atoms with Crippen molar-refractivity contribution in [1.29, 1.82) is 0 Å². The highest BCUT2D eigenvalue weighted by atomic mass is 33.1. The molecule has 0 saturated heterocycles. The molecule has 30 heavy (non-hydrogen) atoms. The van der Waals surface area contributed by atoms with Crippen LogP contribution in [0.2, 0.25) is 0 Å². The molecular weight excluding hydrogens is 412 g/mol. The summed E-state index contributed by atoms with van der Waals surface area (Å²) in [6.07, 6.45) is 23.8. The highest BCUT2D eigenvalue weighted by molar-refractivity contribution is 8.75. The number of unbranched alkanes of at least 4 members (excludes halogenated alkanes) is 16. The highest BCUT2D eigenvalue weighted by Gasteiger charge is 2.04. The monoisotopic (exact) mass is 460 g/mol. The van der Waals surface area contributed by atoms with Crippen LogP contribution < -0.4 is 9.44 Å². The fourth-order valence-corrected chi connectivity index (χ4v) is 4.71. The standard InChI is InChI=1S/C24H48N2O2S2/c1-3-5-7-9-11-13-15-17-19-21-23(27)25-29-30-26-24(28)22-20-18-16-14-12-10-8-6-4-2/h3-22H2,1-2H3,(H,25,27)(H,26,28). The first-order valence-corrected chi connectivity index (χ1v) is 14.8. The number of amides is 2. The lowest BCUT2D eigenvalue weighted by Gasteiger charge is -2.06. The molecule has 0 aromatic rings. The molecule has 0 heterocycles. The Kier molecular flexibility index (Phi) is 24.6. The molecule has 2 amide bonds. The molecule has 6 heteroatoms. The van der Waals surface area contributed by atoms with Crippen LogP contribution in [-0.2, 0) is 9.59 Å². The predicted octanol–water partition coefficient (Wildman–Crippen LogP) is 8.27. The second-order valence-electron chi connectivity index (χ2n) is 8.37. The van der Waals surface area contributed by atoms with Gasteiger partial charge in [0.2, 0.25) is 11.8 Å².